The van der Waals surface area contributed by atoms with Crippen molar-refractivity contribution in [3.8, 4) is 5.69 Å². The third-order valence-electron chi connectivity index (χ3n) is 4.23. The first-order valence-electron chi connectivity index (χ1n) is 7.86. The van der Waals surface area contributed by atoms with Crippen LogP contribution in [0.3, 0.4) is 0 Å². The van der Waals surface area contributed by atoms with Crippen LogP contribution in [-0.2, 0) is 13.1 Å². The van der Waals surface area contributed by atoms with Gasteiger partial charge < -0.3 is 14.6 Å². The largest absolute Gasteiger partial charge is 0.463 e. The Kier molecular flexibility index (Phi) is 3.73. The SMILES string of the molecule is O=c1[nH]c(=O)n(-c2ccc(F)cc2)c2c1C[NH+](Cc1ccco1)CN2. The van der Waals surface area contributed by atoms with Gasteiger partial charge in [0.15, 0.2) is 12.4 Å². The van der Waals surface area contributed by atoms with Crippen molar-refractivity contribution >= 4 is 5.82 Å². The number of aromatic nitrogens is 2. The van der Waals surface area contributed by atoms with E-state index in [9.17, 15) is 14.0 Å². The van der Waals surface area contributed by atoms with Crippen molar-refractivity contribution in [1.29, 1.82) is 0 Å². The van der Waals surface area contributed by atoms with Crippen LogP contribution in [-0.4, -0.2) is 16.2 Å². The molecule has 1 aliphatic heterocycles. The van der Waals surface area contributed by atoms with Crippen molar-refractivity contribution in [2.45, 2.75) is 13.1 Å². The van der Waals surface area contributed by atoms with Gasteiger partial charge in [0.1, 0.15) is 30.3 Å². The maximum atomic E-state index is 13.2. The lowest BCUT2D eigenvalue weighted by atomic mass is 10.2. The first-order chi connectivity index (χ1) is 12.1. The summed E-state index contributed by atoms with van der Waals surface area (Å²) in [6.45, 7) is 1.59. The number of halogens is 1. The zero-order valence-electron chi connectivity index (χ0n) is 13.2. The van der Waals surface area contributed by atoms with E-state index in [1.54, 1.807) is 6.26 Å². The van der Waals surface area contributed by atoms with Gasteiger partial charge in [0.2, 0.25) is 0 Å². The second-order valence-electron chi connectivity index (χ2n) is 5.93. The number of nitrogens with zero attached hydrogens (tertiary/aromatic N) is 1. The molecule has 0 saturated heterocycles. The van der Waals surface area contributed by atoms with Crippen molar-refractivity contribution in [1.82, 2.24) is 9.55 Å². The van der Waals surface area contributed by atoms with Crippen LogP contribution in [0.15, 0.2) is 56.7 Å². The van der Waals surface area contributed by atoms with Crippen LogP contribution in [0.4, 0.5) is 10.2 Å². The van der Waals surface area contributed by atoms with E-state index >= 15 is 0 Å². The van der Waals surface area contributed by atoms with Crippen molar-refractivity contribution in [2.75, 3.05) is 12.0 Å². The topological polar surface area (TPSA) is 84.5 Å². The molecule has 1 unspecified atom stereocenters. The molecule has 7 nitrogen and oxygen atoms in total. The molecule has 25 heavy (non-hydrogen) atoms. The highest BCUT2D eigenvalue weighted by molar-refractivity contribution is 5.50. The second kappa shape index (κ2) is 6.06. The van der Waals surface area contributed by atoms with E-state index < -0.39 is 17.1 Å². The molecular formula is C17H16FN4O3+. The number of quaternary nitrogens is 1. The number of fused-ring (bicyclic) bond motifs is 1. The molecule has 0 bridgehead atoms. The predicted octanol–water partition coefficient (Wildman–Crippen LogP) is 0.226. The zero-order chi connectivity index (χ0) is 17.4. The van der Waals surface area contributed by atoms with Gasteiger partial charge in [0, 0.05) is 0 Å². The number of furan rings is 1. The molecule has 3 heterocycles. The summed E-state index contributed by atoms with van der Waals surface area (Å²) in [7, 11) is 0. The van der Waals surface area contributed by atoms with E-state index in [0.717, 1.165) is 10.7 Å². The quantitative estimate of drug-likeness (QED) is 0.635. The Hall–Kier alpha value is -3.13. The number of nitrogens with one attached hydrogen (secondary N) is 3. The zero-order valence-corrected chi connectivity index (χ0v) is 13.2. The molecule has 0 fully saturated rings. The lowest BCUT2D eigenvalue weighted by Crippen LogP contribution is -3.11. The van der Waals surface area contributed by atoms with Crippen LogP contribution in [0, 0.1) is 5.82 Å². The smallest absolute Gasteiger partial charge is 0.334 e. The first-order valence-corrected chi connectivity index (χ1v) is 7.86. The minimum absolute atomic E-state index is 0.392. The van der Waals surface area contributed by atoms with Crippen LogP contribution >= 0.6 is 0 Å². The average Bonchev–Trinajstić information content (AvgIpc) is 3.10. The minimum atomic E-state index is -0.558. The van der Waals surface area contributed by atoms with Crippen LogP contribution in [0.5, 0.6) is 0 Å². The monoisotopic (exact) mass is 343 g/mol. The van der Waals surface area contributed by atoms with Gasteiger partial charge in [0.25, 0.3) is 5.56 Å². The summed E-state index contributed by atoms with van der Waals surface area (Å²) in [4.78, 5) is 28.0. The highest BCUT2D eigenvalue weighted by atomic mass is 19.1. The van der Waals surface area contributed by atoms with E-state index in [1.807, 2.05) is 12.1 Å². The lowest BCUT2D eigenvalue weighted by molar-refractivity contribution is -0.926. The van der Waals surface area contributed by atoms with Gasteiger partial charge in [0.05, 0.1) is 12.0 Å². The van der Waals surface area contributed by atoms with Gasteiger partial charge in [-0.3, -0.25) is 9.78 Å². The Morgan fingerprint density at radius 2 is 2.00 bits per heavy atom. The molecular weight excluding hydrogens is 327 g/mol. The van der Waals surface area contributed by atoms with Crippen LogP contribution < -0.4 is 21.5 Å². The number of anilines is 1. The Bertz CT molecular complexity index is 1010. The van der Waals surface area contributed by atoms with E-state index in [0.29, 0.717) is 36.8 Å². The molecule has 1 atom stereocenters. The Morgan fingerprint density at radius 1 is 1.20 bits per heavy atom. The van der Waals surface area contributed by atoms with Crippen molar-refractivity contribution < 1.29 is 13.7 Å². The highest BCUT2D eigenvalue weighted by Crippen LogP contribution is 2.16. The van der Waals surface area contributed by atoms with Crippen molar-refractivity contribution in [3.63, 3.8) is 0 Å². The van der Waals surface area contributed by atoms with Gasteiger partial charge in [-0.2, -0.15) is 0 Å². The Labute approximate surface area is 141 Å². The van der Waals surface area contributed by atoms with Crippen molar-refractivity contribution in [2.24, 2.45) is 0 Å². The molecule has 128 valence electrons. The third kappa shape index (κ3) is 2.87. The summed E-state index contributed by atoms with van der Waals surface area (Å²) in [5, 5.41) is 3.16. The summed E-state index contributed by atoms with van der Waals surface area (Å²) in [6.07, 6.45) is 1.61. The number of H-pyrrole nitrogens is 1. The molecule has 2 aromatic heterocycles. The maximum Gasteiger partial charge on any atom is 0.334 e. The van der Waals surface area contributed by atoms with Gasteiger partial charge in [-0.15, -0.1) is 0 Å². The molecule has 0 aliphatic carbocycles. The molecule has 3 N–H and O–H groups in total. The number of aromatic amines is 1. The minimum Gasteiger partial charge on any atom is -0.463 e. The van der Waals surface area contributed by atoms with E-state index in [-0.39, 0.29) is 0 Å². The third-order valence-corrected chi connectivity index (χ3v) is 4.23. The Balaban J connectivity index is 1.74. The number of benzene rings is 1. The molecule has 4 rings (SSSR count). The van der Waals surface area contributed by atoms with Gasteiger partial charge in [-0.1, -0.05) is 0 Å². The summed E-state index contributed by atoms with van der Waals surface area (Å²) in [5.41, 5.74) is -0.00235. The summed E-state index contributed by atoms with van der Waals surface area (Å²) in [5.74, 6) is 0.879. The van der Waals surface area contributed by atoms with Gasteiger partial charge >= 0.3 is 5.69 Å². The highest BCUT2D eigenvalue weighted by Gasteiger charge is 2.26. The molecule has 3 aromatic rings. The van der Waals surface area contributed by atoms with Crippen molar-refractivity contribution in [3.05, 3.63) is 80.6 Å². The maximum absolute atomic E-state index is 13.2. The fourth-order valence-electron chi connectivity index (χ4n) is 3.06. The molecule has 0 radical (unpaired) electrons. The number of hydrogen-bond donors (Lipinski definition) is 3. The lowest BCUT2D eigenvalue weighted by Gasteiger charge is -2.27. The normalized spacial score (nSPS) is 16.3. The molecule has 0 amide bonds. The van der Waals surface area contributed by atoms with E-state index in [4.69, 9.17) is 4.42 Å². The predicted molar refractivity (Wildman–Crippen MR) is 88.2 cm³/mol. The van der Waals surface area contributed by atoms with Crippen LogP contribution in [0.25, 0.3) is 5.69 Å². The molecule has 0 spiro atoms. The molecule has 8 heteroatoms. The number of rotatable bonds is 3. The van der Waals surface area contributed by atoms with E-state index in [1.165, 1.54) is 28.8 Å². The molecule has 1 aromatic carbocycles. The summed E-state index contributed by atoms with van der Waals surface area (Å²) in [6, 6.07) is 9.25. The molecule has 0 saturated carbocycles. The fraction of sp³-hybridized carbons (Fsp3) is 0.176. The van der Waals surface area contributed by atoms with Gasteiger partial charge in [-0.05, 0) is 36.4 Å². The summed E-state index contributed by atoms with van der Waals surface area (Å²) >= 11 is 0. The van der Waals surface area contributed by atoms with Gasteiger partial charge in [-0.25, -0.2) is 13.8 Å². The van der Waals surface area contributed by atoms with Crippen LogP contribution in [0.2, 0.25) is 0 Å². The second-order valence-corrected chi connectivity index (χ2v) is 5.93. The standard InChI is InChI=1S/C17H15FN4O3/c18-11-3-5-12(6-4-11)22-15-14(16(23)20-17(22)24)9-21(10-19-15)8-13-2-1-7-25-13/h1-7,19H,8-10H2,(H,20,23,24)/p+1. The fourth-order valence-corrected chi connectivity index (χ4v) is 3.06. The average molecular weight is 343 g/mol. The number of hydrogen-bond acceptors (Lipinski definition) is 4. The molecule has 1 aliphatic rings. The van der Waals surface area contributed by atoms with Crippen LogP contribution in [0.1, 0.15) is 11.3 Å². The van der Waals surface area contributed by atoms with E-state index in [2.05, 4.69) is 10.3 Å². The first kappa shape index (κ1) is 15.4. The Morgan fingerprint density at radius 3 is 2.72 bits per heavy atom. The summed E-state index contributed by atoms with van der Waals surface area (Å²) < 4.78 is 19.9.